The normalized spacial score (nSPS) is 10.7. The van der Waals surface area contributed by atoms with Crippen LogP contribution in [0.4, 0.5) is 0 Å². The molecule has 0 aliphatic carbocycles. The van der Waals surface area contributed by atoms with E-state index in [-0.39, 0.29) is 5.43 Å². The van der Waals surface area contributed by atoms with Crippen molar-refractivity contribution in [3.05, 3.63) is 47.1 Å². The summed E-state index contributed by atoms with van der Waals surface area (Å²) in [6.07, 6.45) is 2.84. The highest BCUT2D eigenvalue weighted by molar-refractivity contribution is 5.78. The lowest BCUT2D eigenvalue weighted by Gasteiger charge is -2.03. The summed E-state index contributed by atoms with van der Waals surface area (Å²) < 4.78 is 12.1. The third kappa shape index (κ3) is 1.64. The number of methoxy groups -OCH3 is 1. The van der Waals surface area contributed by atoms with Crippen LogP contribution in [0.15, 0.2) is 46.1 Å². The molecule has 3 aromatic rings. The van der Waals surface area contributed by atoms with E-state index in [0.29, 0.717) is 22.6 Å². The Balaban J connectivity index is 2.26. The number of hydrogen-bond donors (Lipinski definition) is 0. The van der Waals surface area contributed by atoms with Crippen LogP contribution in [0.25, 0.3) is 16.9 Å². The summed E-state index contributed by atoms with van der Waals surface area (Å²) in [5, 5.41) is 4.39. The average Bonchev–Trinajstić information content (AvgIpc) is 2.92. The van der Waals surface area contributed by atoms with Crippen molar-refractivity contribution in [3.63, 3.8) is 0 Å². The highest BCUT2D eigenvalue weighted by Crippen LogP contribution is 2.19. The molecule has 0 bridgehead atoms. The van der Waals surface area contributed by atoms with Gasteiger partial charge in [-0.15, -0.1) is 0 Å². The van der Waals surface area contributed by atoms with E-state index < -0.39 is 0 Å². The molecule has 0 aliphatic rings. The molecule has 0 spiro atoms. The van der Waals surface area contributed by atoms with Gasteiger partial charge in [-0.1, -0.05) is 0 Å². The van der Waals surface area contributed by atoms with Crippen molar-refractivity contribution in [1.82, 2.24) is 14.8 Å². The van der Waals surface area contributed by atoms with Crippen molar-refractivity contribution in [2.75, 3.05) is 7.11 Å². The maximum Gasteiger partial charge on any atom is 0.225 e. The summed E-state index contributed by atoms with van der Waals surface area (Å²) in [6.45, 7) is 0. The Bertz CT molecular complexity index is 747. The van der Waals surface area contributed by atoms with E-state index in [1.54, 1.807) is 25.3 Å². The lowest BCUT2D eigenvalue weighted by molar-refractivity contribution is 0.415. The Labute approximate surface area is 101 Å². The van der Waals surface area contributed by atoms with Crippen LogP contribution < -0.4 is 10.2 Å². The lowest BCUT2D eigenvalue weighted by atomic mass is 10.2. The molecule has 1 aromatic carbocycles. The van der Waals surface area contributed by atoms with E-state index in [9.17, 15) is 4.79 Å². The summed E-state index contributed by atoms with van der Waals surface area (Å²) in [5.74, 6) is 0.943. The molecule has 0 amide bonds. The molecule has 0 unspecified atom stereocenters. The number of fused-ring (bicyclic) bond motifs is 1. The molecule has 0 radical (unpaired) electrons. The molecule has 0 atom stereocenters. The first-order valence-corrected chi connectivity index (χ1v) is 5.25. The van der Waals surface area contributed by atoms with E-state index in [2.05, 4.69) is 10.1 Å². The number of aromatic nitrogens is 3. The SMILES string of the molecule is COc1ccc2oc(-n3cncn3)cc(=O)c2c1. The van der Waals surface area contributed by atoms with Gasteiger partial charge in [0.05, 0.1) is 12.5 Å². The van der Waals surface area contributed by atoms with Crippen LogP contribution in [0.1, 0.15) is 0 Å². The van der Waals surface area contributed by atoms with Crippen LogP contribution in [0.2, 0.25) is 0 Å². The van der Waals surface area contributed by atoms with E-state index in [1.807, 2.05) is 0 Å². The maximum absolute atomic E-state index is 12.0. The second-order valence-electron chi connectivity index (χ2n) is 3.65. The van der Waals surface area contributed by atoms with Gasteiger partial charge in [0.15, 0.2) is 5.43 Å². The summed E-state index contributed by atoms with van der Waals surface area (Å²) in [4.78, 5) is 15.8. The average molecular weight is 243 g/mol. The second kappa shape index (κ2) is 3.99. The molecule has 0 saturated carbocycles. The molecule has 2 heterocycles. The Morgan fingerprint density at radius 3 is 2.94 bits per heavy atom. The molecule has 18 heavy (non-hydrogen) atoms. The van der Waals surface area contributed by atoms with Crippen molar-refractivity contribution < 1.29 is 9.15 Å². The lowest BCUT2D eigenvalue weighted by Crippen LogP contribution is -2.05. The maximum atomic E-state index is 12.0. The zero-order valence-electron chi connectivity index (χ0n) is 9.53. The van der Waals surface area contributed by atoms with Gasteiger partial charge in [-0.25, -0.2) is 4.98 Å². The van der Waals surface area contributed by atoms with Gasteiger partial charge < -0.3 is 9.15 Å². The van der Waals surface area contributed by atoms with Gasteiger partial charge in [0.1, 0.15) is 24.0 Å². The fourth-order valence-electron chi connectivity index (χ4n) is 1.68. The third-order valence-electron chi connectivity index (χ3n) is 2.57. The number of nitrogens with zero attached hydrogens (tertiary/aromatic N) is 3. The highest BCUT2D eigenvalue weighted by Gasteiger charge is 2.07. The van der Waals surface area contributed by atoms with Crippen molar-refractivity contribution in [2.45, 2.75) is 0 Å². The molecule has 0 N–H and O–H groups in total. The van der Waals surface area contributed by atoms with Gasteiger partial charge in [0.25, 0.3) is 0 Å². The summed E-state index contributed by atoms with van der Waals surface area (Å²) in [7, 11) is 1.55. The van der Waals surface area contributed by atoms with Crippen LogP contribution in [0, 0.1) is 0 Å². The molecular formula is C12H9N3O3. The molecule has 0 fully saturated rings. The molecule has 0 aliphatic heterocycles. The first-order chi connectivity index (χ1) is 8.78. The van der Waals surface area contributed by atoms with Crippen LogP contribution in [-0.4, -0.2) is 21.9 Å². The Kier molecular flexibility index (Phi) is 2.33. The number of ether oxygens (including phenoxy) is 1. The van der Waals surface area contributed by atoms with Gasteiger partial charge in [-0.05, 0) is 18.2 Å². The van der Waals surface area contributed by atoms with Crippen LogP contribution in [-0.2, 0) is 0 Å². The van der Waals surface area contributed by atoms with Crippen molar-refractivity contribution >= 4 is 11.0 Å². The van der Waals surface area contributed by atoms with E-state index in [0.717, 1.165) is 0 Å². The minimum Gasteiger partial charge on any atom is -0.497 e. The van der Waals surface area contributed by atoms with Crippen molar-refractivity contribution in [2.24, 2.45) is 0 Å². The highest BCUT2D eigenvalue weighted by atomic mass is 16.5. The van der Waals surface area contributed by atoms with Crippen molar-refractivity contribution in [1.29, 1.82) is 0 Å². The predicted octanol–water partition coefficient (Wildman–Crippen LogP) is 1.38. The van der Waals surface area contributed by atoms with Gasteiger partial charge in [-0.2, -0.15) is 9.78 Å². The minimum atomic E-state index is -0.152. The third-order valence-corrected chi connectivity index (χ3v) is 2.57. The van der Waals surface area contributed by atoms with Gasteiger partial charge >= 0.3 is 0 Å². The second-order valence-corrected chi connectivity index (χ2v) is 3.65. The summed E-state index contributed by atoms with van der Waals surface area (Å²) in [5.41, 5.74) is 0.328. The fraction of sp³-hybridized carbons (Fsp3) is 0.0833. The fourth-order valence-corrected chi connectivity index (χ4v) is 1.68. The Hall–Kier alpha value is -2.63. The number of hydrogen-bond acceptors (Lipinski definition) is 5. The van der Waals surface area contributed by atoms with Crippen molar-refractivity contribution in [3.8, 4) is 11.6 Å². The van der Waals surface area contributed by atoms with E-state index in [1.165, 1.54) is 23.4 Å². The standard InChI is InChI=1S/C12H9N3O3/c1-17-8-2-3-11-9(4-8)10(16)5-12(18-11)15-7-13-6-14-15/h2-7H,1H3. The first kappa shape index (κ1) is 10.5. The van der Waals surface area contributed by atoms with E-state index in [4.69, 9.17) is 9.15 Å². The number of benzene rings is 1. The molecule has 90 valence electrons. The largest absolute Gasteiger partial charge is 0.497 e. The van der Waals surface area contributed by atoms with E-state index >= 15 is 0 Å². The van der Waals surface area contributed by atoms with Crippen LogP contribution in [0.3, 0.4) is 0 Å². The molecule has 6 heteroatoms. The zero-order chi connectivity index (χ0) is 12.5. The Morgan fingerprint density at radius 2 is 2.22 bits per heavy atom. The number of rotatable bonds is 2. The smallest absolute Gasteiger partial charge is 0.225 e. The molecule has 0 saturated heterocycles. The Morgan fingerprint density at radius 1 is 1.33 bits per heavy atom. The molecule has 3 rings (SSSR count). The van der Waals surface area contributed by atoms with Crippen LogP contribution >= 0.6 is 0 Å². The first-order valence-electron chi connectivity index (χ1n) is 5.25. The molecule has 6 nitrogen and oxygen atoms in total. The van der Waals surface area contributed by atoms with Crippen LogP contribution in [0.5, 0.6) is 5.75 Å². The topological polar surface area (TPSA) is 70.2 Å². The zero-order valence-corrected chi connectivity index (χ0v) is 9.53. The summed E-state index contributed by atoms with van der Waals surface area (Å²) >= 11 is 0. The van der Waals surface area contributed by atoms with Gasteiger partial charge in [-0.3, -0.25) is 4.79 Å². The quantitative estimate of drug-likeness (QED) is 0.680. The molecule has 2 aromatic heterocycles. The molecular weight excluding hydrogens is 234 g/mol. The monoisotopic (exact) mass is 243 g/mol. The summed E-state index contributed by atoms with van der Waals surface area (Å²) in [6, 6.07) is 6.44. The predicted molar refractivity (Wildman–Crippen MR) is 64.0 cm³/mol. The van der Waals surface area contributed by atoms with Gasteiger partial charge in [0.2, 0.25) is 5.88 Å². The minimum absolute atomic E-state index is 0.152. The van der Waals surface area contributed by atoms with Gasteiger partial charge in [0, 0.05) is 6.07 Å².